The van der Waals surface area contributed by atoms with Gasteiger partial charge >= 0.3 is 0 Å². The van der Waals surface area contributed by atoms with Gasteiger partial charge in [0.15, 0.2) is 5.69 Å². The molecule has 4 aromatic rings. The molecule has 32 heavy (non-hydrogen) atoms. The number of nitro benzene ring substituents is 1. The first-order valence-corrected chi connectivity index (χ1v) is 9.50. The third kappa shape index (κ3) is 4.12. The smallest absolute Gasteiger partial charge is 0.294 e. The van der Waals surface area contributed by atoms with E-state index in [0.29, 0.717) is 17.9 Å². The number of hydrogen-bond acceptors (Lipinski definition) is 7. The summed E-state index contributed by atoms with van der Waals surface area (Å²) in [4.78, 5) is 40.2. The molecule has 0 aliphatic carbocycles. The van der Waals surface area contributed by atoms with E-state index in [1.54, 1.807) is 36.1 Å². The van der Waals surface area contributed by atoms with Crippen molar-refractivity contribution in [2.24, 2.45) is 0 Å². The normalized spacial score (nSPS) is 10.7. The summed E-state index contributed by atoms with van der Waals surface area (Å²) in [5, 5.41) is 22.3. The van der Waals surface area contributed by atoms with Crippen LogP contribution in [0.5, 0.6) is 0 Å². The quantitative estimate of drug-likeness (QED) is 0.365. The van der Waals surface area contributed by atoms with Crippen LogP contribution >= 0.6 is 0 Å². The van der Waals surface area contributed by atoms with Crippen LogP contribution in [0, 0.1) is 17.0 Å². The van der Waals surface area contributed by atoms with Crippen LogP contribution in [0.15, 0.2) is 72.0 Å². The molecule has 2 heterocycles. The minimum absolute atomic E-state index is 0.149. The molecule has 0 spiro atoms. The summed E-state index contributed by atoms with van der Waals surface area (Å²) in [6, 6.07) is 14.2. The molecule has 0 unspecified atom stereocenters. The minimum atomic E-state index is -0.728. The molecular formula is C21H17N7O4. The molecule has 0 aliphatic heterocycles. The van der Waals surface area contributed by atoms with Gasteiger partial charge in [-0.1, -0.05) is 30.3 Å². The Kier molecular flexibility index (Phi) is 5.53. The van der Waals surface area contributed by atoms with Crippen LogP contribution in [-0.4, -0.2) is 35.4 Å². The van der Waals surface area contributed by atoms with Gasteiger partial charge in [0.25, 0.3) is 11.6 Å². The van der Waals surface area contributed by atoms with Crippen LogP contribution in [0.3, 0.4) is 0 Å². The third-order valence-corrected chi connectivity index (χ3v) is 4.69. The molecule has 4 rings (SSSR count). The fourth-order valence-electron chi connectivity index (χ4n) is 3.20. The molecule has 0 saturated heterocycles. The second-order valence-electron chi connectivity index (χ2n) is 6.86. The van der Waals surface area contributed by atoms with Gasteiger partial charge in [0.05, 0.1) is 11.5 Å². The number of carbonyl (C=O) groups excluding carboxylic acids is 1. The van der Waals surface area contributed by atoms with Crippen molar-refractivity contribution in [3.05, 3.63) is 105 Å². The van der Waals surface area contributed by atoms with Gasteiger partial charge in [0, 0.05) is 23.5 Å². The summed E-state index contributed by atoms with van der Waals surface area (Å²) in [6.45, 7) is 1.94. The number of nitro groups is 1. The van der Waals surface area contributed by atoms with Gasteiger partial charge in [0.1, 0.15) is 18.3 Å². The molecule has 11 heteroatoms. The van der Waals surface area contributed by atoms with Crippen molar-refractivity contribution in [1.82, 2.24) is 24.5 Å². The second-order valence-corrected chi connectivity index (χ2v) is 6.86. The Morgan fingerprint density at radius 1 is 1.16 bits per heavy atom. The van der Waals surface area contributed by atoms with Gasteiger partial charge in [-0.05, 0) is 24.6 Å². The van der Waals surface area contributed by atoms with Crippen LogP contribution in [-0.2, 0) is 6.54 Å². The molecule has 0 saturated carbocycles. The highest BCUT2D eigenvalue weighted by atomic mass is 16.6. The number of anilines is 1. The minimum Gasteiger partial charge on any atom is -0.320 e. The number of rotatable bonds is 6. The molecule has 2 aromatic carbocycles. The zero-order chi connectivity index (χ0) is 22.7. The molecule has 0 bridgehead atoms. The highest BCUT2D eigenvalue weighted by Crippen LogP contribution is 2.22. The number of hydrogen-bond donors (Lipinski definition) is 1. The van der Waals surface area contributed by atoms with E-state index in [4.69, 9.17) is 0 Å². The molecule has 160 valence electrons. The van der Waals surface area contributed by atoms with E-state index >= 15 is 0 Å². The van der Waals surface area contributed by atoms with Crippen molar-refractivity contribution in [2.45, 2.75) is 13.5 Å². The number of aryl methyl sites for hydroxylation is 1. The molecule has 0 atom stereocenters. The van der Waals surface area contributed by atoms with E-state index in [1.165, 1.54) is 35.3 Å². The Morgan fingerprint density at radius 2 is 1.91 bits per heavy atom. The van der Waals surface area contributed by atoms with Crippen LogP contribution < -0.4 is 10.7 Å². The van der Waals surface area contributed by atoms with Crippen molar-refractivity contribution >= 4 is 17.3 Å². The van der Waals surface area contributed by atoms with Crippen molar-refractivity contribution in [3.63, 3.8) is 0 Å². The SMILES string of the molecule is Cc1cc(=O)c(C(=O)Nc2ccccc2Cn2cncn2)nn1-c1ccccc1[N+](=O)[O-]. The average molecular weight is 431 g/mol. The van der Waals surface area contributed by atoms with Crippen molar-refractivity contribution in [3.8, 4) is 5.69 Å². The number of para-hydroxylation sites is 3. The second kappa shape index (κ2) is 8.60. The summed E-state index contributed by atoms with van der Waals surface area (Å²) in [7, 11) is 0. The summed E-state index contributed by atoms with van der Waals surface area (Å²) in [6.07, 6.45) is 2.95. The van der Waals surface area contributed by atoms with Gasteiger partial charge in [0.2, 0.25) is 5.43 Å². The molecule has 2 aromatic heterocycles. The number of benzene rings is 2. The summed E-state index contributed by atoms with van der Waals surface area (Å²) >= 11 is 0. The standard InChI is InChI=1S/C21H17N7O4/c1-14-10-19(29)20(25-27(14)17-8-4-5-9-18(17)28(31)32)21(30)24-16-7-3-2-6-15(16)11-26-13-22-12-23-26/h2-10,12-13H,11H2,1H3,(H,24,30). The van der Waals surface area contributed by atoms with E-state index in [0.717, 1.165) is 5.56 Å². The van der Waals surface area contributed by atoms with E-state index in [2.05, 4.69) is 20.5 Å². The van der Waals surface area contributed by atoms with Gasteiger partial charge < -0.3 is 5.32 Å². The fourth-order valence-corrected chi connectivity index (χ4v) is 3.20. The highest BCUT2D eigenvalue weighted by Gasteiger charge is 2.20. The molecular weight excluding hydrogens is 414 g/mol. The maximum absolute atomic E-state index is 12.9. The van der Waals surface area contributed by atoms with Crippen LogP contribution in [0.4, 0.5) is 11.4 Å². The lowest BCUT2D eigenvalue weighted by atomic mass is 10.1. The third-order valence-electron chi connectivity index (χ3n) is 4.69. The van der Waals surface area contributed by atoms with Crippen LogP contribution in [0.25, 0.3) is 5.69 Å². The Labute approximate surface area is 181 Å². The predicted octanol–water partition coefficient (Wildman–Crippen LogP) is 2.34. The Balaban J connectivity index is 1.70. The monoisotopic (exact) mass is 431 g/mol. The lowest BCUT2D eigenvalue weighted by molar-refractivity contribution is -0.384. The van der Waals surface area contributed by atoms with E-state index in [9.17, 15) is 19.7 Å². The number of nitrogens with zero attached hydrogens (tertiary/aromatic N) is 6. The fraction of sp³-hybridized carbons (Fsp3) is 0.0952. The average Bonchev–Trinajstić information content (AvgIpc) is 3.28. The number of amides is 1. The van der Waals surface area contributed by atoms with Gasteiger partial charge in [-0.3, -0.25) is 19.7 Å². The highest BCUT2D eigenvalue weighted by molar-refractivity contribution is 6.03. The summed E-state index contributed by atoms with van der Waals surface area (Å²) in [5.41, 5.74) is 0.553. The Hall–Kier alpha value is -4.67. The molecule has 1 N–H and O–H groups in total. The first kappa shape index (κ1) is 20.6. The predicted molar refractivity (Wildman–Crippen MR) is 115 cm³/mol. The zero-order valence-corrected chi connectivity index (χ0v) is 16.9. The summed E-state index contributed by atoms with van der Waals surface area (Å²) < 4.78 is 2.81. The molecule has 1 amide bonds. The van der Waals surface area contributed by atoms with Crippen molar-refractivity contribution in [2.75, 3.05) is 5.32 Å². The van der Waals surface area contributed by atoms with Crippen molar-refractivity contribution < 1.29 is 9.72 Å². The van der Waals surface area contributed by atoms with E-state index in [1.807, 2.05) is 12.1 Å². The zero-order valence-electron chi connectivity index (χ0n) is 16.9. The van der Waals surface area contributed by atoms with Gasteiger partial charge in [-0.25, -0.2) is 14.3 Å². The lowest BCUT2D eigenvalue weighted by Crippen LogP contribution is -2.27. The maximum Gasteiger partial charge on any atom is 0.294 e. The Bertz CT molecular complexity index is 1360. The van der Waals surface area contributed by atoms with E-state index in [-0.39, 0.29) is 17.1 Å². The molecule has 11 nitrogen and oxygen atoms in total. The molecule has 0 fully saturated rings. The number of aromatic nitrogens is 5. The summed E-state index contributed by atoms with van der Waals surface area (Å²) in [5.74, 6) is -0.728. The Morgan fingerprint density at radius 3 is 2.66 bits per heavy atom. The first-order chi connectivity index (χ1) is 15.4. The first-order valence-electron chi connectivity index (χ1n) is 9.50. The maximum atomic E-state index is 12.9. The number of carbonyl (C=O) groups is 1. The van der Waals surface area contributed by atoms with Crippen LogP contribution in [0.1, 0.15) is 21.7 Å². The number of nitrogens with one attached hydrogen (secondary N) is 1. The van der Waals surface area contributed by atoms with E-state index < -0.39 is 16.3 Å². The molecule has 0 radical (unpaired) electrons. The lowest BCUT2D eigenvalue weighted by Gasteiger charge is -2.13. The molecule has 0 aliphatic rings. The van der Waals surface area contributed by atoms with Crippen molar-refractivity contribution in [1.29, 1.82) is 0 Å². The van der Waals surface area contributed by atoms with Gasteiger partial charge in [-0.2, -0.15) is 10.2 Å². The topological polar surface area (TPSA) is 138 Å². The largest absolute Gasteiger partial charge is 0.320 e. The van der Waals surface area contributed by atoms with Crippen LogP contribution in [0.2, 0.25) is 0 Å². The van der Waals surface area contributed by atoms with Gasteiger partial charge in [-0.15, -0.1) is 0 Å².